The second kappa shape index (κ2) is 12.9. The van der Waals surface area contributed by atoms with E-state index in [0.717, 1.165) is 24.2 Å². The van der Waals surface area contributed by atoms with Crippen molar-refractivity contribution in [1.29, 1.82) is 0 Å². The van der Waals surface area contributed by atoms with Crippen molar-refractivity contribution in [1.82, 2.24) is 4.90 Å². The zero-order chi connectivity index (χ0) is 25.2. The summed E-state index contributed by atoms with van der Waals surface area (Å²) in [6, 6.07) is 11.9. The summed E-state index contributed by atoms with van der Waals surface area (Å²) in [4.78, 5) is 38.7. The number of carbonyl (C=O) groups is 3. The Morgan fingerprint density at radius 3 is 2.43 bits per heavy atom. The lowest BCUT2D eigenvalue weighted by Gasteiger charge is -2.32. The molecule has 188 valence electrons. The van der Waals surface area contributed by atoms with Crippen LogP contribution >= 0.6 is 0 Å². The first-order valence-corrected chi connectivity index (χ1v) is 12.2. The minimum Gasteiger partial charge on any atom is -0.494 e. The summed E-state index contributed by atoms with van der Waals surface area (Å²) in [7, 11) is 0. The zero-order valence-electron chi connectivity index (χ0n) is 20.3. The van der Waals surface area contributed by atoms with Gasteiger partial charge >= 0.3 is 5.97 Å². The topological polar surface area (TPSA) is 84.9 Å². The molecule has 2 amide bonds. The summed E-state index contributed by atoms with van der Waals surface area (Å²) in [5.41, 5.74) is 1.23. The van der Waals surface area contributed by atoms with Gasteiger partial charge in [0.2, 0.25) is 11.8 Å². The first kappa shape index (κ1) is 26.2. The van der Waals surface area contributed by atoms with Crippen molar-refractivity contribution in [3.63, 3.8) is 0 Å². The second-order valence-corrected chi connectivity index (χ2v) is 8.60. The fourth-order valence-electron chi connectivity index (χ4n) is 4.08. The number of nitrogens with zero attached hydrogens (tertiary/aromatic N) is 1. The van der Waals surface area contributed by atoms with Crippen molar-refractivity contribution in [2.24, 2.45) is 5.92 Å². The van der Waals surface area contributed by atoms with Crippen molar-refractivity contribution in [2.45, 2.75) is 52.4 Å². The predicted molar refractivity (Wildman–Crippen MR) is 131 cm³/mol. The lowest BCUT2D eigenvalue weighted by molar-refractivity contribution is -0.134. The highest BCUT2D eigenvalue weighted by Gasteiger charge is 2.25. The number of esters is 1. The van der Waals surface area contributed by atoms with E-state index in [1.54, 1.807) is 6.92 Å². The minimum atomic E-state index is -0.707. The lowest BCUT2D eigenvalue weighted by atomic mass is 9.93. The van der Waals surface area contributed by atoms with Gasteiger partial charge < -0.3 is 19.7 Å². The molecule has 2 aromatic rings. The maximum atomic E-state index is 14.1. The van der Waals surface area contributed by atoms with E-state index >= 15 is 0 Å². The molecule has 1 aliphatic rings. The molecule has 1 N–H and O–H groups in total. The van der Waals surface area contributed by atoms with E-state index in [4.69, 9.17) is 9.47 Å². The van der Waals surface area contributed by atoms with Crippen LogP contribution in [0.4, 0.5) is 10.1 Å². The Morgan fingerprint density at radius 1 is 1.06 bits per heavy atom. The third-order valence-corrected chi connectivity index (χ3v) is 6.05. The lowest BCUT2D eigenvalue weighted by Crippen LogP contribution is -2.39. The number of ether oxygens (including phenoxy) is 2. The SMILES string of the molecule is CCOc1ccc(CCC(=O)N2CCC(CC(=O)Nc3cccc(F)c3OC(=O)CC)CC2)cc1. The maximum Gasteiger partial charge on any atom is 0.311 e. The number of anilines is 1. The van der Waals surface area contributed by atoms with Crippen LogP contribution in [0.3, 0.4) is 0 Å². The van der Waals surface area contributed by atoms with Gasteiger partial charge in [-0.15, -0.1) is 0 Å². The van der Waals surface area contributed by atoms with Crippen LogP contribution in [0.2, 0.25) is 0 Å². The monoisotopic (exact) mass is 484 g/mol. The molecule has 8 heteroatoms. The van der Waals surface area contributed by atoms with Crippen LogP contribution in [0.25, 0.3) is 0 Å². The zero-order valence-corrected chi connectivity index (χ0v) is 20.3. The number of amides is 2. The average molecular weight is 485 g/mol. The molecule has 0 saturated carbocycles. The molecule has 0 atom stereocenters. The van der Waals surface area contributed by atoms with Gasteiger partial charge in [-0.25, -0.2) is 4.39 Å². The van der Waals surface area contributed by atoms with E-state index < -0.39 is 11.8 Å². The van der Waals surface area contributed by atoms with Crippen LogP contribution in [-0.2, 0) is 20.8 Å². The molecule has 0 spiro atoms. The molecule has 0 unspecified atom stereocenters. The Kier molecular flexibility index (Phi) is 9.64. The molecule has 2 aromatic carbocycles. The van der Waals surface area contributed by atoms with Gasteiger partial charge in [-0.1, -0.05) is 25.1 Å². The number of hydrogen-bond donors (Lipinski definition) is 1. The van der Waals surface area contributed by atoms with Crippen LogP contribution in [0.5, 0.6) is 11.5 Å². The van der Waals surface area contributed by atoms with Gasteiger partial charge in [-0.3, -0.25) is 14.4 Å². The minimum absolute atomic E-state index is 0.0964. The molecule has 35 heavy (non-hydrogen) atoms. The van der Waals surface area contributed by atoms with Gasteiger partial charge in [0, 0.05) is 32.4 Å². The first-order chi connectivity index (χ1) is 16.9. The molecule has 0 bridgehead atoms. The molecule has 7 nitrogen and oxygen atoms in total. The van der Waals surface area contributed by atoms with E-state index in [2.05, 4.69) is 5.32 Å². The third kappa shape index (κ3) is 7.80. The molecule has 1 fully saturated rings. The highest BCUT2D eigenvalue weighted by atomic mass is 19.1. The van der Waals surface area contributed by atoms with E-state index in [9.17, 15) is 18.8 Å². The number of benzene rings is 2. The van der Waals surface area contributed by atoms with Gasteiger partial charge in [0.25, 0.3) is 0 Å². The standard InChI is InChI=1S/C27H33FN2O5/c1-3-26(33)35-27-22(28)6-5-7-23(27)29-24(31)18-20-14-16-30(17-15-20)25(32)13-10-19-8-11-21(12-9-19)34-4-2/h5-9,11-12,20H,3-4,10,13-18H2,1-2H3,(H,29,31). The normalized spacial score (nSPS) is 13.9. The molecular formula is C27H33FN2O5. The summed E-state index contributed by atoms with van der Waals surface area (Å²) in [5, 5.41) is 2.67. The summed E-state index contributed by atoms with van der Waals surface area (Å²) in [6.45, 7) is 5.39. The molecule has 1 saturated heterocycles. The quantitative estimate of drug-likeness (QED) is 0.389. The van der Waals surface area contributed by atoms with Crippen LogP contribution in [0.1, 0.15) is 51.5 Å². The van der Waals surface area contributed by atoms with Crippen LogP contribution in [0.15, 0.2) is 42.5 Å². The molecule has 0 aliphatic carbocycles. The Labute approximate surface area is 205 Å². The maximum absolute atomic E-state index is 14.1. The molecule has 0 aromatic heterocycles. The number of nitrogens with one attached hydrogen (secondary N) is 1. The molecular weight excluding hydrogens is 451 g/mol. The van der Waals surface area contributed by atoms with E-state index in [0.29, 0.717) is 32.5 Å². The Balaban J connectivity index is 1.44. The van der Waals surface area contributed by atoms with Gasteiger partial charge in [0.1, 0.15) is 5.75 Å². The van der Waals surface area contributed by atoms with Crippen LogP contribution in [-0.4, -0.2) is 42.4 Å². The van der Waals surface area contributed by atoms with Crippen molar-refractivity contribution in [3.05, 3.63) is 53.8 Å². The molecule has 0 radical (unpaired) electrons. The van der Waals surface area contributed by atoms with Gasteiger partial charge in [0.05, 0.1) is 12.3 Å². The van der Waals surface area contributed by atoms with Crippen LogP contribution < -0.4 is 14.8 Å². The summed E-state index contributed by atoms with van der Waals surface area (Å²) in [6.07, 6.45) is 2.92. The Bertz CT molecular complexity index is 1020. The molecule has 1 aliphatic heterocycles. The second-order valence-electron chi connectivity index (χ2n) is 8.60. The number of hydrogen-bond acceptors (Lipinski definition) is 5. The first-order valence-electron chi connectivity index (χ1n) is 12.2. The van der Waals surface area contributed by atoms with E-state index in [1.165, 1.54) is 18.2 Å². The number of carbonyl (C=O) groups excluding carboxylic acids is 3. The van der Waals surface area contributed by atoms with Crippen molar-refractivity contribution < 1.29 is 28.2 Å². The van der Waals surface area contributed by atoms with Crippen molar-refractivity contribution >= 4 is 23.5 Å². The number of halogens is 1. The van der Waals surface area contributed by atoms with Gasteiger partial charge in [0.15, 0.2) is 11.6 Å². The fourth-order valence-corrected chi connectivity index (χ4v) is 4.08. The summed E-state index contributed by atoms with van der Waals surface area (Å²) >= 11 is 0. The number of likely N-dealkylation sites (tertiary alicyclic amines) is 1. The van der Waals surface area contributed by atoms with Gasteiger partial charge in [-0.2, -0.15) is 0 Å². The summed E-state index contributed by atoms with van der Waals surface area (Å²) in [5.74, 6) is -0.759. The number of piperidine rings is 1. The molecule has 1 heterocycles. The highest BCUT2D eigenvalue weighted by Crippen LogP contribution is 2.29. The van der Waals surface area contributed by atoms with Crippen molar-refractivity contribution in [2.75, 3.05) is 25.0 Å². The third-order valence-electron chi connectivity index (χ3n) is 6.05. The fraction of sp³-hybridized carbons (Fsp3) is 0.444. The molecule has 3 rings (SSSR count). The average Bonchev–Trinajstić information content (AvgIpc) is 2.86. The number of aryl methyl sites for hydroxylation is 1. The van der Waals surface area contributed by atoms with E-state index in [1.807, 2.05) is 36.1 Å². The number of para-hydroxylation sites is 1. The Hall–Kier alpha value is -3.42. The van der Waals surface area contributed by atoms with E-state index in [-0.39, 0.29) is 42.0 Å². The van der Waals surface area contributed by atoms with Crippen LogP contribution in [0, 0.1) is 11.7 Å². The van der Waals surface area contributed by atoms with Gasteiger partial charge in [-0.05, 0) is 61.9 Å². The largest absolute Gasteiger partial charge is 0.494 e. The van der Waals surface area contributed by atoms with Crippen molar-refractivity contribution in [3.8, 4) is 11.5 Å². The predicted octanol–water partition coefficient (Wildman–Crippen LogP) is 4.74. The summed E-state index contributed by atoms with van der Waals surface area (Å²) < 4.78 is 24.6. The Morgan fingerprint density at radius 2 is 1.77 bits per heavy atom. The smallest absolute Gasteiger partial charge is 0.311 e. The highest BCUT2D eigenvalue weighted by molar-refractivity contribution is 5.93. The number of rotatable bonds is 10.